The van der Waals surface area contributed by atoms with E-state index in [1.54, 1.807) is 30.0 Å². The third-order valence-electron chi connectivity index (χ3n) is 4.59. The predicted molar refractivity (Wildman–Crippen MR) is 104 cm³/mol. The number of morpholine rings is 1. The van der Waals surface area contributed by atoms with Crippen molar-refractivity contribution in [3.8, 4) is 0 Å². The van der Waals surface area contributed by atoms with Crippen LogP contribution < -0.4 is 0 Å². The van der Waals surface area contributed by atoms with Crippen molar-refractivity contribution >= 4 is 29.1 Å². The van der Waals surface area contributed by atoms with E-state index in [-0.39, 0.29) is 19.1 Å². The Balaban J connectivity index is 1.76. The van der Waals surface area contributed by atoms with Gasteiger partial charge in [-0.25, -0.2) is 0 Å². The van der Waals surface area contributed by atoms with E-state index >= 15 is 0 Å². The lowest BCUT2D eigenvalue weighted by Crippen LogP contribution is -2.45. The summed E-state index contributed by atoms with van der Waals surface area (Å²) in [5.74, 6) is 0.663. The van der Waals surface area contributed by atoms with E-state index < -0.39 is 12.1 Å². The van der Waals surface area contributed by atoms with Crippen LogP contribution in [-0.2, 0) is 16.1 Å². The molecule has 0 N–H and O–H groups in total. The monoisotopic (exact) mass is 417 g/mol. The molecule has 6 nitrogen and oxygen atoms in total. The van der Waals surface area contributed by atoms with Crippen LogP contribution in [0.5, 0.6) is 0 Å². The second-order valence-electron chi connectivity index (χ2n) is 6.52. The second kappa shape index (κ2) is 7.91. The topological polar surface area (TPSA) is 68.5 Å². The summed E-state index contributed by atoms with van der Waals surface area (Å²) < 4.78 is 11.5. The van der Waals surface area contributed by atoms with Gasteiger partial charge in [-0.15, -0.1) is 10.2 Å². The molecule has 144 valence electrons. The lowest BCUT2D eigenvalue weighted by molar-refractivity contribution is -0.160. The van der Waals surface area contributed by atoms with Crippen molar-refractivity contribution in [3.63, 3.8) is 0 Å². The summed E-state index contributed by atoms with van der Waals surface area (Å²) in [4.78, 5) is 14.5. The highest BCUT2D eigenvalue weighted by molar-refractivity contribution is 6.30. The van der Waals surface area contributed by atoms with Crippen molar-refractivity contribution in [2.24, 2.45) is 0 Å². The average Bonchev–Trinajstić information content (AvgIpc) is 3.09. The molecule has 1 saturated heterocycles. The fourth-order valence-corrected chi connectivity index (χ4v) is 3.69. The maximum atomic E-state index is 12.8. The molecule has 28 heavy (non-hydrogen) atoms. The first kappa shape index (κ1) is 18.9. The Morgan fingerprint density at radius 1 is 1.07 bits per heavy atom. The molecule has 1 aliphatic rings. The van der Waals surface area contributed by atoms with E-state index in [1.165, 1.54) is 0 Å². The second-order valence-corrected chi connectivity index (χ2v) is 7.39. The maximum absolute atomic E-state index is 12.8. The molecule has 1 aromatic heterocycles. The molecule has 2 aromatic carbocycles. The number of aromatic nitrogens is 2. The molecule has 0 bridgehead atoms. The van der Waals surface area contributed by atoms with E-state index in [2.05, 4.69) is 10.2 Å². The number of amides is 1. The predicted octanol–water partition coefficient (Wildman–Crippen LogP) is 4.53. The Morgan fingerprint density at radius 3 is 2.54 bits per heavy atom. The largest absolute Gasteiger partial charge is 0.424 e. The van der Waals surface area contributed by atoms with Crippen molar-refractivity contribution in [1.82, 2.24) is 15.1 Å². The highest BCUT2D eigenvalue weighted by Crippen LogP contribution is 2.41. The van der Waals surface area contributed by atoms with Crippen molar-refractivity contribution in [2.45, 2.75) is 25.6 Å². The molecule has 2 heterocycles. The first-order valence-corrected chi connectivity index (χ1v) is 9.48. The average molecular weight is 418 g/mol. The summed E-state index contributed by atoms with van der Waals surface area (Å²) >= 11 is 12.2. The molecule has 4 rings (SSSR count). The Hall–Kier alpha value is -2.41. The first-order valence-electron chi connectivity index (χ1n) is 8.72. The van der Waals surface area contributed by atoms with Gasteiger partial charge < -0.3 is 14.1 Å². The third kappa shape index (κ3) is 3.90. The summed E-state index contributed by atoms with van der Waals surface area (Å²) in [7, 11) is 0. The van der Waals surface area contributed by atoms with Crippen LogP contribution in [0.2, 0.25) is 10.0 Å². The number of halogens is 2. The normalized spacial score (nSPS) is 19.8. The number of ether oxygens (including phenoxy) is 1. The van der Waals surface area contributed by atoms with E-state index in [4.69, 9.17) is 32.4 Å². The molecule has 8 heteroatoms. The Kier molecular flexibility index (Phi) is 5.35. The van der Waals surface area contributed by atoms with Gasteiger partial charge in [0.15, 0.2) is 0 Å². The van der Waals surface area contributed by atoms with Crippen LogP contribution in [-0.4, -0.2) is 27.6 Å². The van der Waals surface area contributed by atoms with E-state index in [9.17, 15) is 4.79 Å². The fraction of sp³-hybridized carbons (Fsp3) is 0.250. The summed E-state index contributed by atoms with van der Waals surface area (Å²) in [5.41, 5.74) is 1.77. The molecule has 1 amide bonds. The fourth-order valence-electron chi connectivity index (χ4n) is 3.36. The van der Waals surface area contributed by atoms with Gasteiger partial charge in [0.1, 0.15) is 12.7 Å². The molecule has 0 aliphatic carbocycles. The minimum absolute atomic E-state index is 0.0472. The lowest BCUT2D eigenvalue weighted by atomic mass is 9.92. The first-order chi connectivity index (χ1) is 13.5. The van der Waals surface area contributed by atoms with Gasteiger partial charge >= 0.3 is 0 Å². The van der Waals surface area contributed by atoms with Gasteiger partial charge in [0.05, 0.1) is 12.6 Å². The van der Waals surface area contributed by atoms with Gasteiger partial charge in [0, 0.05) is 17.0 Å². The van der Waals surface area contributed by atoms with Gasteiger partial charge in [-0.05, 0) is 35.4 Å². The zero-order valence-electron chi connectivity index (χ0n) is 15.0. The highest BCUT2D eigenvalue weighted by Gasteiger charge is 2.39. The van der Waals surface area contributed by atoms with E-state index in [1.807, 2.05) is 30.3 Å². The van der Waals surface area contributed by atoms with Gasteiger partial charge in [0.25, 0.3) is 0 Å². The maximum Gasteiger partial charge on any atom is 0.249 e. The van der Waals surface area contributed by atoms with Crippen molar-refractivity contribution in [1.29, 1.82) is 0 Å². The minimum atomic E-state index is -0.401. The molecule has 3 aromatic rings. The molecular weight excluding hydrogens is 401 g/mol. The van der Waals surface area contributed by atoms with Gasteiger partial charge in [-0.1, -0.05) is 47.5 Å². The van der Waals surface area contributed by atoms with Crippen LogP contribution in [0.15, 0.2) is 52.9 Å². The Morgan fingerprint density at radius 2 is 1.86 bits per heavy atom. The van der Waals surface area contributed by atoms with Crippen LogP contribution in [0.3, 0.4) is 0 Å². The zero-order chi connectivity index (χ0) is 19.7. The number of benzene rings is 2. The number of carbonyl (C=O) groups is 1. The smallest absolute Gasteiger partial charge is 0.249 e. The van der Waals surface area contributed by atoms with Crippen LogP contribution in [0.25, 0.3) is 0 Å². The van der Waals surface area contributed by atoms with Crippen molar-refractivity contribution in [2.75, 3.05) is 6.61 Å². The van der Waals surface area contributed by atoms with Crippen molar-refractivity contribution < 1.29 is 13.9 Å². The molecule has 0 radical (unpaired) electrons. The Bertz CT molecular complexity index is 990. The number of hydrogen-bond donors (Lipinski definition) is 0. The summed E-state index contributed by atoms with van der Waals surface area (Å²) in [6.45, 7) is 1.85. The summed E-state index contributed by atoms with van der Waals surface area (Å²) in [6, 6.07) is 14.4. The lowest BCUT2D eigenvalue weighted by Gasteiger charge is -2.41. The van der Waals surface area contributed by atoms with Crippen LogP contribution >= 0.6 is 23.2 Å². The number of hydrogen-bond acceptors (Lipinski definition) is 5. The number of nitrogens with zero attached hydrogens (tertiary/aromatic N) is 3. The van der Waals surface area contributed by atoms with Gasteiger partial charge in [0.2, 0.25) is 17.7 Å². The number of carbonyl (C=O) groups excluding carboxylic acids is 1. The molecule has 0 spiro atoms. The zero-order valence-corrected chi connectivity index (χ0v) is 16.5. The SMILES string of the molecule is Cc1nnc(CN2C(=O)COC(c3cccc(Cl)c3)C2c2ccc(Cl)cc2)o1. The van der Waals surface area contributed by atoms with E-state index in [0.717, 1.165) is 11.1 Å². The third-order valence-corrected chi connectivity index (χ3v) is 5.08. The van der Waals surface area contributed by atoms with Gasteiger partial charge in [-0.2, -0.15) is 0 Å². The number of aryl methyl sites for hydroxylation is 1. The molecule has 1 fully saturated rings. The molecule has 2 unspecified atom stereocenters. The van der Waals surface area contributed by atoms with E-state index in [0.29, 0.717) is 21.8 Å². The summed E-state index contributed by atoms with van der Waals surface area (Å²) in [6.07, 6.45) is -0.401. The quantitative estimate of drug-likeness (QED) is 0.623. The van der Waals surface area contributed by atoms with Gasteiger partial charge in [-0.3, -0.25) is 4.79 Å². The minimum Gasteiger partial charge on any atom is -0.424 e. The van der Waals surface area contributed by atoms with Crippen LogP contribution in [0.1, 0.15) is 35.1 Å². The number of rotatable bonds is 4. The highest BCUT2D eigenvalue weighted by atomic mass is 35.5. The molecular formula is C20H17Cl2N3O3. The summed E-state index contributed by atoms with van der Waals surface area (Å²) in [5, 5.41) is 9.11. The van der Waals surface area contributed by atoms with Crippen LogP contribution in [0, 0.1) is 6.92 Å². The van der Waals surface area contributed by atoms with Crippen molar-refractivity contribution in [3.05, 3.63) is 81.5 Å². The standard InChI is InChI=1S/C20H17Cl2N3O3/c1-12-23-24-17(28-12)10-25-18(26)11-27-20(14-3-2-4-16(22)9-14)19(25)13-5-7-15(21)8-6-13/h2-9,19-20H,10-11H2,1H3. The van der Waals surface area contributed by atoms with Crippen LogP contribution in [0.4, 0.5) is 0 Å². The molecule has 0 saturated carbocycles. The molecule has 2 atom stereocenters. The Labute approximate surface area is 172 Å². The molecule has 1 aliphatic heterocycles.